The zero-order valence-electron chi connectivity index (χ0n) is 8.78. The van der Waals surface area contributed by atoms with Crippen LogP contribution in [0, 0.1) is 0 Å². The maximum atomic E-state index is 12.2. The molecule has 0 aromatic carbocycles. The van der Waals surface area contributed by atoms with Crippen LogP contribution >= 0.6 is 7.60 Å². The molecule has 0 aromatic heterocycles. The summed E-state index contributed by atoms with van der Waals surface area (Å²) in [4.78, 5) is 0. The molecular weight excluding hydrogens is 199 g/mol. The van der Waals surface area contributed by atoms with Crippen molar-refractivity contribution in [3.8, 4) is 0 Å². The van der Waals surface area contributed by atoms with E-state index in [1.165, 1.54) is 0 Å². The van der Waals surface area contributed by atoms with Crippen molar-refractivity contribution < 1.29 is 13.6 Å². The van der Waals surface area contributed by atoms with Crippen molar-refractivity contribution >= 4 is 7.60 Å². The second kappa shape index (κ2) is 4.34. The van der Waals surface area contributed by atoms with Crippen molar-refractivity contribution in [2.45, 2.75) is 57.7 Å². The molecule has 82 valence electrons. The van der Waals surface area contributed by atoms with E-state index in [-0.39, 0.29) is 12.2 Å². The Morgan fingerprint density at radius 2 is 1.64 bits per heavy atom. The number of hydrogen-bond acceptors (Lipinski definition) is 3. The van der Waals surface area contributed by atoms with Crippen LogP contribution in [-0.4, -0.2) is 18.4 Å². The molecule has 0 aromatic rings. The molecule has 2 rings (SSSR count). The van der Waals surface area contributed by atoms with Gasteiger partial charge in [0, 0.05) is 0 Å². The van der Waals surface area contributed by atoms with Gasteiger partial charge < -0.3 is 9.05 Å². The zero-order chi connectivity index (χ0) is 10.0. The van der Waals surface area contributed by atoms with Gasteiger partial charge in [0.2, 0.25) is 0 Å². The summed E-state index contributed by atoms with van der Waals surface area (Å²) in [5.74, 6) is 0. The Labute approximate surface area is 85.7 Å². The van der Waals surface area contributed by atoms with E-state index in [0.717, 1.165) is 38.5 Å². The number of rotatable bonds is 7. The first-order chi connectivity index (χ1) is 6.72. The summed E-state index contributed by atoms with van der Waals surface area (Å²) in [5.41, 5.74) is 0. The average molecular weight is 218 g/mol. The van der Waals surface area contributed by atoms with Crippen LogP contribution in [0.15, 0.2) is 0 Å². The molecule has 14 heavy (non-hydrogen) atoms. The van der Waals surface area contributed by atoms with Gasteiger partial charge in [0.1, 0.15) is 0 Å². The summed E-state index contributed by atoms with van der Waals surface area (Å²) in [6.45, 7) is 2.10. The van der Waals surface area contributed by atoms with Crippen LogP contribution in [0.4, 0.5) is 0 Å². The van der Waals surface area contributed by atoms with Crippen molar-refractivity contribution in [1.82, 2.24) is 0 Å². The van der Waals surface area contributed by atoms with Crippen LogP contribution in [0.1, 0.15) is 45.4 Å². The maximum absolute atomic E-state index is 12.2. The van der Waals surface area contributed by atoms with Gasteiger partial charge in [0.15, 0.2) is 0 Å². The van der Waals surface area contributed by atoms with Crippen LogP contribution in [0.3, 0.4) is 0 Å². The standard InChI is InChI=1S/C10H19O3P/c1-2-3-8-14(11,12-9-4-5-9)13-10-6-7-10/h9-10H,2-8H2,1H3. The first-order valence-electron chi connectivity index (χ1n) is 5.68. The summed E-state index contributed by atoms with van der Waals surface area (Å²) in [6, 6.07) is 0. The summed E-state index contributed by atoms with van der Waals surface area (Å²) in [5, 5.41) is 0. The first-order valence-corrected chi connectivity index (χ1v) is 7.40. The van der Waals surface area contributed by atoms with Gasteiger partial charge in [-0.05, 0) is 32.1 Å². The Hall–Kier alpha value is 0.150. The molecule has 0 unspecified atom stereocenters. The second-order valence-electron chi connectivity index (χ2n) is 4.30. The highest BCUT2D eigenvalue weighted by atomic mass is 31.2. The van der Waals surface area contributed by atoms with E-state index in [0.29, 0.717) is 6.16 Å². The van der Waals surface area contributed by atoms with Crippen molar-refractivity contribution in [2.24, 2.45) is 0 Å². The third kappa shape index (κ3) is 3.38. The Morgan fingerprint density at radius 1 is 1.14 bits per heavy atom. The molecular formula is C10H19O3P. The molecule has 2 saturated carbocycles. The fraction of sp³-hybridized carbons (Fsp3) is 1.00. The second-order valence-corrected chi connectivity index (χ2v) is 6.39. The smallest absolute Gasteiger partial charge is 0.305 e. The molecule has 0 atom stereocenters. The molecule has 3 nitrogen and oxygen atoms in total. The quantitative estimate of drug-likeness (QED) is 0.615. The number of hydrogen-bond donors (Lipinski definition) is 0. The molecule has 0 radical (unpaired) electrons. The van der Waals surface area contributed by atoms with Crippen LogP contribution in [0.25, 0.3) is 0 Å². The molecule has 2 aliphatic carbocycles. The Balaban J connectivity index is 1.83. The Bertz CT molecular complexity index is 216. The molecule has 0 bridgehead atoms. The molecule has 4 heteroatoms. The highest BCUT2D eigenvalue weighted by Crippen LogP contribution is 2.56. The van der Waals surface area contributed by atoms with Gasteiger partial charge in [-0.1, -0.05) is 13.3 Å². The monoisotopic (exact) mass is 218 g/mol. The SMILES string of the molecule is CCCCP(=O)(OC1CC1)OC1CC1. The predicted octanol–water partition coefficient (Wildman–Crippen LogP) is 3.34. The van der Waals surface area contributed by atoms with Crippen molar-refractivity contribution in [3.63, 3.8) is 0 Å². The summed E-state index contributed by atoms with van der Waals surface area (Å²) >= 11 is 0. The van der Waals surface area contributed by atoms with E-state index in [9.17, 15) is 4.57 Å². The molecule has 0 amide bonds. The van der Waals surface area contributed by atoms with E-state index in [2.05, 4.69) is 6.92 Å². The normalized spacial score (nSPS) is 22.6. The van der Waals surface area contributed by atoms with Gasteiger partial charge in [-0.15, -0.1) is 0 Å². The summed E-state index contributed by atoms with van der Waals surface area (Å²) in [7, 11) is -2.72. The minimum atomic E-state index is -2.72. The van der Waals surface area contributed by atoms with Crippen LogP contribution < -0.4 is 0 Å². The van der Waals surface area contributed by atoms with Crippen LogP contribution in [0.2, 0.25) is 0 Å². The first kappa shape index (κ1) is 10.7. The van der Waals surface area contributed by atoms with Gasteiger partial charge >= 0.3 is 7.60 Å². The third-order valence-electron chi connectivity index (χ3n) is 2.45. The van der Waals surface area contributed by atoms with Gasteiger partial charge in [-0.2, -0.15) is 0 Å². The lowest BCUT2D eigenvalue weighted by atomic mass is 10.4. The van der Waals surface area contributed by atoms with Crippen LogP contribution in [0.5, 0.6) is 0 Å². The third-order valence-corrected chi connectivity index (χ3v) is 4.56. The van der Waals surface area contributed by atoms with E-state index < -0.39 is 7.60 Å². The molecule has 0 aliphatic heterocycles. The lowest BCUT2D eigenvalue weighted by Crippen LogP contribution is -2.03. The van der Waals surface area contributed by atoms with Crippen molar-refractivity contribution in [3.05, 3.63) is 0 Å². The number of unbranched alkanes of at least 4 members (excludes halogenated alkanes) is 1. The summed E-state index contributed by atoms with van der Waals surface area (Å²) < 4.78 is 23.3. The zero-order valence-corrected chi connectivity index (χ0v) is 9.67. The molecule has 0 spiro atoms. The van der Waals surface area contributed by atoms with Gasteiger partial charge in [-0.3, -0.25) is 4.57 Å². The van der Waals surface area contributed by atoms with E-state index in [4.69, 9.17) is 9.05 Å². The maximum Gasteiger partial charge on any atom is 0.331 e. The minimum absolute atomic E-state index is 0.233. The van der Waals surface area contributed by atoms with Gasteiger partial charge in [-0.25, -0.2) is 0 Å². The Morgan fingerprint density at radius 3 is 2.00 bits per heavy atom. The fourth-order valence-electron chi connectivity index (χ4n) is 1.28. The molecule has 0 saturated heterocycles. The van der Waals surface area contributed by atoms with Gasteiger partial charge in [0.25, 0.3) is 0 Å². The predicted molar refractivity (Wildman–Crippen MR) is 55.6 cm³/mol. The van der Waals surface area contributed by atoms with Crippen LogP contribution in [-0.2, 0) is 13.6 Å². The molecule has 0 heterocycles. The van der Waals surface area contributed by atoms with E-state index in [1.807, 2.05) is 0 Å². The minimum Gasteiger partial charge on any atom is -0.305 e. The summed E-state index contributed by atoms with van der Waals surface area (Å²) in [6.07, 6.45) is 7.30. The van der Waals surface area contributed by atoms with E-state index >= 15 is 0 Å². The largest absolute Gasteiger partial charge is 0.331 e. The van der Waals surface area contributed by atoms with E-state index in [1.54, 1.807) is 0 Å². The van der Waals surface area contributed by atoms with Crippen molar-refractivity contribution in [2.75, 3.05) is 6.16 Å². The fourth-order valence-corrected chi connectivity index (χ4v) is 3.58. The van der Waals surface area contributed by atoms with Crippen molar-refractivity contribution in [1.29, 1.82) is 0 Å². The molecule has 0 N–H and O–H groups in total. The lowest BCUT2D eigenvalue weighted by Gasteiger charge is -2.17. The van der Waals surface area contributed by atoms with Gasteiger partial charge in [0.05, 0.1) is 18.4 Å². The topological polar surface area (TPSA) is 35.5 Å². The highest BCUT2D eigenvalue weighted by Gasteiger charge is 2.38. The highest BCUT2D eigenvalue weighted by molar-refractivity contribution is 7.53. The lowest BCUT2D eigenvalue weighted by molar-refractivity contribution is 0.189. The Kier molecular flexibility index (Phi) is 3.30. The average Bonchev–Trinajstić information content (AvgIpc) is 2.98. The molecule has 2 aliphatic rings. The molecule has 2 fully saturated rings.